The van der Waals surface area contributed by atoms with Crippen molar-refractivity contribution in [1.29, 1.82) is 0 Å². The number of carbonyl (C=O) groups excluding carboxylic acids is 2. The number of urea groups is 1. The molecule has 2 unspecified atom stereocenters. The summed E-state index contributed by atoms with van der Waals surface area (Å²) < 4.78 is 18.7. The van der Waals surface area contributed by atoms with Gasteiger partial charge in [0.25, 0.3) is 5.91 Å². The van der Waals surface area contributed by atoms with Gasteiger partial charge in [0.2, 0.25) is 0 Å². The second kappa shape index (κ2) is 7.36. The minimum absolute atomic E-state index is 0.0617. The van der Waals surface area contributed by atoms with Gasteiger partial charge in [-0.2, -0.15) is 0 Å². The molecule has 7 heteroatoms. The van der Waals surface area contributed by atoms with Crippen molar-refractivity contribution in [3.05, 3.63) is 65.5 Å². The maximum atomic E-state index is 13.1. The molecule has 2 atom stereocenters. The average molecular weight is 372 g/mol. The Kier molecular flexibility index (Phi) is 5.14. The lowest BCUT2D eigenvalue weighted by Gasteiger charge is -2.23. The fraction of sp³-hybridized carbons (Fsp3) is 0.300. The highest BCUT2D eigenvalue weighted by atomic mass is 19.1. The number of nitrogens with zero attached hydrogens (tertiary/aromatic N) is 1. The Morgan fingerprint density at radius 1 is 1.22 bits per heavy atom. The van der Waals surface area contributed by atoms with Crippen LogP contribution in [0.3, 0.4) is 0 Å². The highest BCUT2D eigenvalue weighted by molar-refractivity contribution is 6.07. The molecule has 0 spiro atoms. The van der Waals surface area contributed by atoms with Crippen LogP contribution in [0.5, 0.6) is 5.75 Å². The van der Waals surface area contributed by atoms with E-state index in [0.717, 1.165) is 10.5 Å². The van der Waals surface area contributed by atoms with Gasteiger partial charge in [0.1, 0.15) is 29.8 Å². The third kappa shape index (κ3) is 3.93. The standard InChI is InChI=1S/C20H21FN2O4/c1-13-4-3-5-17(10-13)27-12-16(24)11-23-18(25)20(2,22-19(23)26)14-6-8-15(21)9-7-14/h3-10,16,24H,11-12H2,1-2H3,(H,22,26). The number of hydrogen-bond acceptors (Lipinski definition) is 4. The van der Waals surface area contributed by atoms with Crippen LogP contribution < -0.4 is 10.1 Å². The van der Waals surface area contributed by atoms with E-state index in [1.165, 1.54) is 24.3 Å². The van der Waals surface area contributed by atoms with Gasteiger partial charge in [-0.1, -0.05) is 24.3 Å². The van der Waals surface area contributed by atoms with E-state index in [2.05, 4.69) is 5.32 Å². The summed E-state index contributed by atoms with van der Waals surface area (Å²) in [6.07, 6.45) is -1.05. The molecule has 6 nitrogen and oxygen atoms in total. The second-order valence-electron chi connectivity index (χ2n) is 6.76. The lowest BCUT2D eigenvalue weighted by Crippen LogP contribution is -2.42. The number of ether oxygens (including phenoxy) is 1. The largest absolute Gasteiger partial charge is 0.491 e. The fourth-order valence-corrected chi connectivity index (χ4v) is 3.00. The molecule has 1 aliphatic rings. The van der Waals surface area contributed by atoms with Crippen molar-refractivity contribution in [2.75, 3.05) is 13.2 Å². The predicted molar refractivity (Wildman–Crippen MR) is 96.7 cm³/mol. The van der Waals surface area contributed by atoms with Gasteiger partial charge in [-0.05, 0) is 49.2 Å². The predicted octanol–water partition coefficient (Wildman–Crippen LogP) is 2.34. The number of aryl methyl sites for hydroxylation is 1. The van der Waals surface area contributed by atoms with E-state index in [0.29, 0.717) is 11.3 Å². The second-order valence-corrected chi connectivity index (χ2v) is 6.76. The molecule has 2 N–H and O–H groups in total. The molecular formula is C20H21FN2O4. The first kappa shape index (κ1) is 18.8. The van der Waals surface area contributed by atoms with E-state index in [1.807, 2.05) is 25.1 Å². The number of halogens is 1. The third-order valence-electron chi connectivity index (χ3n) is 4.52. The minimum Gasteiger partial charge on any atom is -0.491 e. The number of benzene rings is 2. The third-order valence-corrected chi connectivity index (χ3v) is 4.52. The molecule has 0 aromatic heterocycles. The fourth-order valence-electron chi connectivity index (χ4n) is 3.00. The number of aliphatic hydroxyl groups excluding tert-OH is 1. The van der Waals surface area contributed by atoms with E-state index >= 15 is 0 Å². The molecule has 3 amide bonds. The molecule has 1 heterocycles. The van der Waals surface area contributed by atoms with Crippen molar-refractivity contribution in [3.63, 3.8) is 0 Å². The Balaban J connectivity index is 1.65. The SMILES string of the molecule is Cc1cccc(OCC(O)CN2C(=O)NC(C)(c3ccc(F)cc3)C2=O)c1. The quantitative estimate of drug-likeness (QED) is 0.763. The first-order valence-corrected chi connectivity index (χ1v) is 8.57. The van der Waals surface area contributed by atoms with Crippen LogP contribution in [0.25, 0.3) is 0 Å². The Morgan fingerprint density at radius 3 is 2.59 bits per heavy atom. The van der Waals surface area contributed by atoms with Crippen molar-refractivity contribution in [2.24, 2.45) is 0 Å². The molecule has 0 radical (unpaired) electrons. The molecule has 27 heavy (non-hydrogen) atoms. The van der Waals surface area contributed by atoms with Crippen molar-refractivity contribution in [3.8, 4) is 5.75 Å². The zero-order chi connectivity index (χ0) is 19.6. The molecule has 2 aromatic rings. The van der Waals surface area contributed by atoms with Gasteiger partial charge in [-0.3, -0.25) is 9.69 Å². The van der Waals surface area contributed by atoms with E-state index < -0.39 is 29.4 Å². The summed E-state index contributed by atoms with van der Waals surface area (Å²) in [7, 11) is 0. The Morgan fingerprint density at radius 2 is 1.93 bits per heavy atom. The van der Waals surface area contributed by atoms with Crippen molar-refractivity contribution >= 4 is 11.9 Å². The van der Waals surface area contributed by atoms with Crippen LogP contribution in [0.15, 0.2) is 48.5 Å². The maximum Gasteiger partial charge on any atom is 0.325 e. The number of nitrogens with one attached hydrogen (secondary N) is 1. The monoisotopic (exact) mass is 372 g/mol. The summed E-state index contributed by atoms with van der Waals surface area (Å²) in [5, 5.41) is 12.8. The van der Waals surface area contributed by atoms with Gasteiger partial charge in [0, 0.05) is 0 Å². The van der Waals surface area contributed by atoms with E-state index in [4.69, 9.17) is 4.74 Å². The number of rotatable bonds is 6. The Bertz CT molecular complexity index is 855. The molecule has 1 aliphatic heterocycles. The smallest absolute Gasteiger partial charge is 0.325 e. The van der Waals surface area contributed by atoms with Crippen LogP contribution in [0, 0.1) is 12.7 Å². The summed E-state index contributed by atoms with van der Waals surface area (Å²) in [5.74, 6) is -0.337. The normalized spacial score (nSPS) is 20.5. The van der Waals surface area contributed by atoms with Gasteiger partial charge in [-0.25, -0.2) is 9.18 Å². The number of aliphatic hydroxyl groups is 1. The van der Waals surface area contributed by atoms with Crippen molar-refractivity contribution in [1.82, 2.24) is 10.2 Å². The topological polar surface area (TPSA) is 78.9 Å². The van der Waals surface area contributed by atoms with Crippen LogP contribution in [0.2, 0.25) is 0 Å². The number of hydrogen-bond donors (Lipinski definition) is 2. The molecule has 1 fully saturated rings. The molecule has 0 aliphatic carbocycles. The van der Waals surface area contributed by atoms with Crippen molar-refractivity contribution < 1.29 is 23.8 Å². The molecule has 1 saturated heterocycles. The van der Waals surface area contributed by atoms with Crippen LogP contribution in [0.4, 0.5) is 9.18 Å². The molecule has 3 rings (SSSR count). The van der Waals surface area contributed by atoms with Gasteiger partial charge in [0.05, 0.1) is 6.54 Å². The molecule has 2 aromatic carbocycles. The van der Waals surface area contributed by atoms with E-state index in [1.54, 1.807) is 13.0 Å². The van der Waals surface area contributed by atoms with Gasteiger partial charge in [0.15, 0.2) is 0 Å². The summed E-state index contributed by atoms with van der Waals surface area (Å²) in [6.45, 7) is 3.21. The first-order chi connectivity index (χ1) is 12.8. The number of amides is 3. The van der Waals surface area contributed by atoms with Crippen LogP contribution in [0.1, 0.15) is 18.1 Å². The maximum absolute atomic E-state index is 13.1. The van der Waals surface area contributed by atoms with Gasteiger partial charge >= 0.3 is 6.03 Å². The van der Waals surface area contributed by atoms with E-state index in [9.17, 15) is 19.1 Å². The Labute approximate surface area is 156 Å². The summed E-state index contributed by atoms with van der Waals surface area (Å²) in [6, 6.07) is 12.1. The molecule has 0 bridgehead atoms. The average Bonchev–Trinajstić information content (AvgIpc) is 2.85. The summed E-state index contributed by atoms with van der Waals surface area (Å²) in [5.41, 5.74) is 0.184. The lowest BCUT2D eigenvalue weighted by atomic mass is 9.92. The molecule has 0 saturated carbocycles. The van der Waals surface area contributed by atoms with Gasteiger partial charge < -0.3 is 15.2 Å². The van der Waals surface area contributed by atoms with Gasteiger partial charge in [-0.15, -0.1) is 0 Å². The zero-order valence-corrected chi connectivity index (χ0v) is 15.1. The van der Waals surface area contributed by atoms with Crippen LogP contribution >= 0.6 is 0 Å². The number of β-amino-alcohol motifs (C(OH)–C–C–N with tert-alkyl or cyclic N) is 1. The highest BCUT2D eigenvalue weighted by Gasteiger charge is 2.49. The number of imide groups is 1. The van der Waals surface area contributed by atoms with Crippen molar-refractivity contribution in [2.45, 2.75) is 25.5 Å². The first-order valence-electron chi connectivity index (χ1n) is 8.57. The summed E-state index contributed by atoms with van der Waals surface area (Å²) >= 11 is 0. The number of carbonyl (C=O) groups is 2. The molecule has 142 valence electrons. The Hall–Kier alpha value is -2.93. The summed E-state index contributed by atoms with van der Waals surface area (Å²) in [4.78, 5) is 26.0. The minimum atomic E-state index is -1.30. The van der Waals surface area contributed by atoms with Crippen LogP contribution in [-0.2, 0) is 10.3 Å². The van der Waals surface area contributed by atoms with Crippen LogP contribution in [-0.4, -0.2) is 41.2 Å². The highest BCUT2D eigenvalue weighted by Crippen LogP contribution is 2.29. The molecular weight excluding hydrogens is 351 g/mol. The zero-order valence-electron chi connectivity index (χ0n) is 15.1. The van der Waals surface area contributed by atoms with E-state index in [-0.39, 0.29) is 13.2 Å². The lowest BCUT2D eigenvalue weighted by molar-refractivity contribution is -0.132.